The van der Waals surface area contributed by atoms with E-state index < -0.39 is 81.8 Å². The molecule has 0 saturated heterocycles. The summed E-state index contributed by atoms with van der Waals surface area (Å²) < 4.78 is 138. The van der Waals surface area contributed by atoms with Crippen LogP contribution in [0.1, 0.15) is 39.0 Å². The molecule has 0 aliphatic heterocycles. The molecule has 1 unspecified atom stereocenters. The average molecular weight is 609 g/mol. The number of amidine groups is 1. The van der Waals surface area contributed by atoms with Crippen molar-refractivity contribution in [2.75, 3.05) is 0 Å². The van der Waals surface area contributed by atoms with Crippen molar-refractivity contribution in [3.05, 3.63) is 100 Å². The van der Waals surface area contributed by atoms with E-state index in [1.165, 1.54) is 0 Å². The van der Waals surface area contributed by atoms with E-state index in [0.29, 0.717) is 30.3 Å². The molecule has 0 aromatic heterocycles. The Labute approximate surface area is 229 Å². The number of ether oxygens (including phenoxy) is 1. The van der Waals surface area contributed by atoms with Gasteiger partial charge in [0.15, 0.2) is 5.84 Å². The number of alkyl halides is 9. The van der Waals surface area contributed by atoms with Crippen LogP contribution in [-0.2, 0) is 17.9 Å². The van der Waals surface area contributed by atoms with Gasteiger partial charge in [0.1, 0.15) is 11.6 Å². The number of hydrogen-bond donors (Lipinski definition) is 3. The highest BCUT2D eigenvalue weighted by molar-refractivity contribution is 5.96. The van der Waals surface area contributed by atoms with Crippen molar-refractivity contribution < 1.29 is 53.4 Å². The fraction of sp³-hybridized carbons (Fsp3) is 0.200. The number of amides is 1. The minimum atomic E-state index is -5.24. The first-order chi connectivity index (χ1) is 19.4. The van der Waals surface area contributed by atoms with Crippen LogP contribution in [0.25, 0.3) is 0 Å². The molecule has 3 rings (SSSR count). The third kappa shape index (κ3) is 7.32. The minimum absolute atomic E-state index is 0.136. The van der Waals surface area contributed by atoms with E-state index in [-0.39, 0.29) is 6.07 Å². The van der Waals surface area contributed by atoms with Crippen molar-refractivity contribution in [1.82, 2.24) is 5.32 Å². The van der Waals surface area contributed by atoms with Crippen LogP contribution in [-0.4, -0.2) is 18.1 Å². The summed E-state index contributed by atoms with van der Waals surface area (Å²) in [4.78, 5) is 13.4. The average Bonchev–Trinajstić information content (AvgIpc) is 2.89. The van der Waals surface area contributed by atoms with Crippen LogP contribution in [0, 0.1) is 11.3 Å². The normalized spacial score (nSPS) is 14.2. The Morgan fingerprint density at radius 2 is 1.43 bits per heavy atom. The second-order valence-electron chi connectivity index (χ2n) is 8.54. The maximum Gasteiger partial charge on any atom is 0.573 e. The molecule has 0 radical (unpaired) electrons. The molecule has 0 saturated carbocycles. The summed E-state index contributed by atoms with van der Waals surface area (Å²) in [6.45, 7) is 0. The van der Waals surface area contributed by atoms with Crippen molar-refractivity contribution in [3.63, 3.8) is 0 Å². The lowest BCUT2D eigenvalue weighted by molar-refractivity contribution is -0.274. The van der Waals surface area contributed by atoms with Gasteiger partial charge in [-0.25, -0.2) is 9.92 Å². The van der Waals surface area contributed by atoms with Crippen LogP contribution in [0.4, 0.5) is 43.9 Å². The molecule has 1 atom stereocenters. The van der Waals surface area contributed by atoms with Gasteiger partial charge in [0.05, 0.1) is 16.7 Å². The summed E-state index contributed by atoms with van der Waals surface area (Å²) in [7, 11) is 0. The first-order valence-corrected chi connectivity index (χ1v) is 11.3. The monoisotopic (exact) mass is 609 g/mol. The molecule has 224 valence electrons. The molecule has 1 amide bonds. The number of hydrazone groups is 1. The number of benzene rings is 3. The maximum atomic E-state index is 13.9. The second-order valence-corrected chi connectivity index (χ2v) is 8.54. The van der Waals surface area contributed by atoms with Crippen LogP contribution >= 0.6 is 0 Å². The topological polar surface area (TPSA) is 113 Å². The van der Waals surface area contributed by atoms with Crippen LogP contribution in [0.2, 0.25) is 0 Å². The van der Waals surface area contributed by atoms with Crippen LogP contribution in [0.3, 0.4) is 0 Å². The molecule has 0 heterocycles. The van der Waals surface area contributed by atoms with Gasteiger partial charge in [-0.3, -0.25) is 4.79 Å². The number of rotatable bonds is 7. The van der Waals surface area contributed by atoms with Gasteiger partial charge in [0, 0.05) is 12.0 Å². The first-order valence-electron chi connectivity index (χ1n) is 11.3. The number of halogens is 10. The van der Waals surface area contributed by atoms with E-state index in [9.17, 15) is 48.7 Å². The van der Waals surface area contributed by atoms with Crippen LogP contribution < -0.4 is 15.9 Å². The summed E-state index contributed by atoms with van der Waals surface area (Å²) in [6.07, 6.45) is -16.3. The zero-order valence-electron chi connectivity index (χ0n) is 20.6. The van der Waals surface area contributed by atoms with Crippen molar-refractivity contribution in [2.24, 2.45) is 16.1 Å². The Morgan fingerprint density at radius 3 is 1.98 bits per heavy atom. The molecule has 0 aliphatic rings. The van der Waals surface area contributed by atoms with Gasteiger partial charge in [-0.15, -0.1) is 18.3 Å². The fourth-order valence-corrected chi connectivity index (χ4v) is 3.98. The van der Waals surface area contributed by atoms with Gasteiger partial charge >= 0.3 is 18.7 Å². The molecular formula is C25H17F10N5O2. The van der Waals surface area contributed by atoms with Crippen molar-refractivity contribution in [1.29, 1.82) is 5.53 Å². The predicted octanol–water partition coefficient (Wildman–Crippen LogP) is 7.13. The van der Waals surface area contributed by atoms with Gasteiger partial charge in [-0.05, 0) is 53.6 Å². The van der Waals surface area contributed by atoms with E-state index in [1.54, 1.807) is 0 Å². The van der Waals surface area contributed by atoms with Crippen molar-refractivity contribution in [3.8, 4) is 5.75 Å². The Balaban J connectivity index is 2.35. The zero-order chi connectivity index (χ0) is 31.5. The summed E-state index contributed by atoms with van der Waals surface area (Å²) in [5.74, 6) is 0.530. The number of carbonyl (C=O) groups excluding carboxylic acids is 1. The third-order valence-corrected chi connectivity index (χ3v) is 5.81. The van der Waals surface area contributed by atoms with E-state index in [1.807, 2.05) is 0 Å². The first kappa shape index (κ1) is 31.8. The summed E-state index contributed by atoms with van der Waals surface area (Å²) >= 11 is 0. The van der Waals surface area contributed by atoms with Crippen molar-refractivity contribution >= 4 is 11.7 Å². The lowest BCUT2D eigenvalue weighted by atomic mass is 9.78. The lowest BCUT2D eigenvalue weighted by Gasteiger charge is -2.36. The SMILES string of the molecule is N=N/C(CC(NC(=O)c1ccc(F)c(C(F)(F)F)c1)(c1cccc(OC(F)(F)F)c1)c1cccc(C(F)(F)F)c1)=N\N. The number of nitrogens with zero attached hydrogens (tertiary/aromatic N) is 2. The van der Waals surface area contributed by atoms with Gasteiger partial charge in [-0.1, -0.05) is 24.3 Å². The summed E-state index contributed by atoms with van der Waals surface area (Å²) in [5, 5.41) is 8.47. The summed E-state index contributed by atoms with van der Waals surface area (Å²) in [6, 6.07) is 7.76. The molecule has 0 spiro atoms. The fourth-order valence-electron chi connectivity index (χ4n) is 3.98. The maximum absolute atomic E-state index is 13.9. The molecule has 0 aliphatic carbocycles. The molecule has 17 heteroatoms. The summed E-state index contributed by atoms with van der Waals surface area (Å²) in [5.41, 5.74) is 0.0748. The van der Waals surface area contributed by atoms with E-state index in [4.69, 9.17) is 11.4 Å². The highest BCUT2D eigenvalue weighted by Gasteiger charge is 2.42. The Bertz CT molecular complexity index is 1500. The lowest BCUT2D eigenvalue weighted by Crippen LogP contribution is -2.48. The highest BCUT2D eigenvalue weighted by Crippen LogP contribution is 2.40. The molecule has 0 fully saturated rings. The minimum Gasteiger partial charge on any atom is -0.406 e. The van der Waals surface area contributed by atoms with Crippen molar-refractivity contribution in [2.45, 2.75) is 30.7 Å². The smallest absolute Gasteiger partial charge is 0.406 e. The van der Waals surface area contributed by atoms with Crippen LogP contribution in [0.5, 0.6) is 5.75 Å². The quantitative estimate of drug-likeness (QED) is 0.0662. The van der Waals surface area contributed by atoms with E-state index >= 15 is 0 Å². The van der Waals surface area contributed by atoms with Crippen LogP contribution in [0.15, 0.2) is 76.9 Å². The Kier molecular flexibility index (Phi) is 8.83. The third-order valence-electron chi connectivity index (χ3n) is 5.81. The molecular weight excluding hydrogens is 592 g/mol. The number of carbonyl (C=O) groups is 1. The molecule has 4 N–H and O–H groups in total. The molecule has 3 aromatic carbocycles. The Hall–Kier alpha value is -4.70. The molecule has 7 nitrogen and oxygen atoms in total. The number of nitrogens with one attached hydrogen (secondary N) is 2. The zero-order valence-corrected chi connectivity index (χ0v) is 20.6. The molecule has 0 bridgehead atoms. The molecule has 42 heavy (non-hydrogen) atoms. The van der Waals surface area contributed by atoms with Gasteiger partial charge in [-0.2, -0.15) is 31.4 Å². The Morgan fingerprint density at radius 1 is 0.833 bits per heavy atom. The van der Waals surface area contributed by atoms with Gasteiger partial charge < -0.3 is 15.9 Å². The number of hydrogen-bond acceptors (Lipinski definition) is 5. The van der Waals surface area contributed by atoms with E-state index in [0.717, 1.165) is 30.3 Å². The highest BCUT2D eigenvalue weighted by atomic mass is 19.4. The van der Waals surface area contributed by atoms with Gasteiger partial charge in [0.2, 0.25) is 0 Å². The van der Waals surface area contributed by atoms with Gasteiger partial charge in [0.25, 0.3) is 5.91 Å². The standard InChI is InChI=1S/C25H17F10N5O2/c26-19-8-7-13(9-18(19)24(30,31)32)21(41)38-22(12-20(39-36)40-37,14-3-1-5-16(10-14)23(27,28)29)15-4-2-6-17(11-15)42-25(33,34)35/h1-11,36H,12,37H2,(H,38,41)/b39-36?,40-20-. The molecule has 3 aromatic rings. The predicted molar refractivity (Wildman–Crippen MR) is 126 cm³/mol. The largest absolute Gasteiger partial charge is 0.573 e. The number of nitrogens with two attached hydrogens (primary N) is 1. The van der Waals surface area contributed by atoms with E-state index in [2.05, 4.69) is 20.3 Å². The second kappa shape index (κ2) is 11.7.